The van der Waals surface area contributed by atoms with E-state index in [1.807, 2.05) is 0 Å². The molecule has 276 valence electrons. The molecule has 0 heterocycles. The minimum atomic E-state index is -2.58. The zero-order valence-corrected chi connectivity index (χ0v) is 34.4. The van der Waals surface area contributed by atoms with Crippen molar-refractivity contribution in [1.82, 2.24) is 10.2 Å². The molecule has 1 aliphatic rings. The van der Waals surface area contributed by atoms with E-state index < -0.39 is 14.4 Å². The number of nitrogens with zero attached hydrogens (tertiary/aromatic N) is 2. The van der Waals surface area contributed by atoms with Crippen LogP contribution in [0.25, 0.3) is 0 Å². The van der Waals surface area contributed by atoms with Gasteiger partial charge in [-0.1, -0.05) is 170 Å². The normalized spacial score (nSPS) is 16.2. The van der Waals surface area contributed by atoms with E-state index in [4.69, 9.17) is 9.49 Å². The molecule has 2 N–H and O–H groups in total. The van der Waals surface area contributed by atoms with Gasteiger partial charge >= 0.3 is 0 Å². The predicted molar refractivity (Wildman–Crippen MR) is 236 cm³/mol. The van der Waals surface area contributed by atoms with Gasteiger partial charge in [0.25, 0.3) is 0 Å². The second-order valence-corrected chi connectivity index (χ2v) is 20.6. The lowest BCUT2D eigenvalue weighted by Gasteiger charge is -2.42. The molecule has 0 spiro atoms. The summed E-state index contributed by atoms with van der Waals surface area (Å²) in [6.07, 6.45) is 4.42. The van der Waals surface area contributed by atoms with Gasteiger partial charge in [0.05, 0.1) is 25.8 Å². The summed E-state index contributed by atoms with van der Waals surface area (Å²) in [5, 5.41) is 13.8. The number of hydrogen-bond donors (Lipinski definition) is 2. The van der Waals surface area contributed by atoms with E-state index in [1.54, 1.807) is 0 Å². The summed E-state index contributed by atoms with van der Waals surface area (Å²) in [5.41, 5.74) is 9.56. The Hall–Kier alpha value is -4.30. The first kappa shape index (κ1) is 38.0. The quantitative estimate of drug-likeness (QED) is 0.137. The van der Waals surface area contributed by atoms with Crippen molar-refractivity contribution in [2.24, 2.45) is 9.49 Å². The van der Waals surface area contributed by atoms with E-state index in [1.165, 1.54) is 54.6 Å². The second kappa shape index (κ2) is 16.6. The van der Waals surface area contributed by atoms with Crippen molar-refractivity contribution in [3.63, 3.8) is 0 Å². The Morgan fingerprint density at radius 1 is 0.407 bits per heavy atom. The lowest BCUT2D eigenvalue weighted by molar-refractivity contribution is 0.350. The van der Waals surface area contributed by atoms with Crippen LogP contribution < -0.4 is 31.4 Å². The molecule has 0 unspecified atom stereocenters. The van der Waals surface area contributed by atoms with Gasteiger partial charge in [-0.25, -0.2) is 9.49 Å². The van der Waals surface area contributed by atoms with Crippen molar-refractivity contribution in [3.05, 3.63) is 179 Å². The molecule has 0 amide bonds. The maximum absolute atomic E-state index is 5.97. The van der Waals surface area contributed by atoms with Gasteiger partial charge in [0, 0.05) is 33.3 Å². The third-order valence-corrected chi connectivity index (χ3v) is 17.4. The molecule has 6 aromatic carbocycles. The van der Waals surface area contributed by atoms with Crippen LogP contribution in [0.4, 0.5) is 11.4 Å². The first-order valence-electron chi connectivity index (χ1n) is 19.4. The van der Waals surface area contributed by atoms with Crippen LogP contribution in [0.1, 0.15) is 59.1 Å². The SMILES string of the molecule is Cc1cc(C)c(N=P(N[C@@H]2CCCC[C@H]2NP(=Nc2c(C)cc(C)cc2C)(c2ccccc2)c2ccccc2)(c2ccccc2)c2ccccc2)c(C)c1. The van der Waals surface area contributed by atoms with Crippen molar-refractivity contribution < 1.29 is 0 Å². The number of benzene rings is 6. The van der Waals surface area contributed by atoms with Gasteiger partial charge in [-0.3, -0.25) is 10.2 Å². The van der Waals surface area contributed by atoms with Crippen LogP contribution in [0, 0.1) is 41.5 Å². The van der Waals surface area contributed by atoms with Crippen LogP contribution in [0.5, 0.6) is 0 Å². The number of nitrogens with one attached hydrogen (secondary N) is 2. The summed E-state index contributed by atoms with van der Waals surface area (Å²) in [6.45, 7) is 13.2. The molecular formula is C48H54N4P2. The second-order valence-electron chi connectivity index (χ2n) is 15.1. The lowest BCUT2D eigenvalue weighted by Crippen LogP contribution is -2.51. The van der Waals surface area contributed by atoms with E-state index in [0.717, 1.165) is 37.1 Å². The van der Waals surface area contributed by atoms with Crippen molar-refractivity contribution in [1.29, 1.82) is 0 Å². The molecule has 2 atom stereocenters. The first-order chi connectivity index (χ1) is 26.2. The minimum absolute atomic E-state index is 0.143. The zero-order chi connectivity index (χ0) is 37.7. The Balaban J connectivity index is 1.46. The van der Waals surface area contributed by atoms with E-state index in [-0.39, 0.29) is 12.1 Å². The Bertz CT molecular complexity index is 2020. The highest BCUT2D eigenvalue weighted by Gasteiger charge is 2.37. The molecule has 0 aliphatic heterocycles. The van der Waals surface area contributed by atoms with E-state index in [0.29, 0.717) is 0 Å². The maximum atomic E-state index is 5.97. The highest BCUT2D eigenvalue weighted by Crippen LogP contribution is 2.52. The van der Waals surface area contributed by atoms with E-state index in [9.17, 15) is 0 Å². The van der Waals surface area contributed by atoms with Gasteiger partial charge in [0.1, 0.15) is 0 Å². The molecule has 0 bridgehead atoms. The van der Waals surface area contributed by atoms with Crippen LogP contribution in [0.15, 0.2) is 155 Å². The van der Waals surface area contributed by atoms with Gasteiger partial charge < -0.3 is 0 Å². The van der Waals surface area contributed by atoms with Crippen LogP contribution in [0.3, 0.4) is 0 Å². The number of aryl methyl sites for hydroxylation is 6. The monoisotopic (exact) mass is 748 g/mol. The highest BCUT2D eigenvalue weighted by molar-refractivity contribution is 7.79. The minimum Gasteiger partial charge on any atom is -0.271 e. The molecule has 1 fully saturated rings. The van der Waals surface area contributed by atoms with Crippen LogP contribution in [0.2, 0.25) is 0 Å². The topological polar surface area (TPSA) is 48.8 Å². The van der Waals surface area contributed by atoms with Gasteiger partial charge in [0.15, 0.2) is 0 Å². The Morgan fingerprint density at radius 3 is 0.926 bits per heavy atom. The molecule has 7 rings (SSSR count). The predicted octanol–water partition coefficient (Wildman–Crippen LogP) is 11.5. The van der Waals surface area contributed by atoms with Crippen molar-refractivity contribution in [3.8, 4) is 0 Å². The fourth-order valence-corrected chi connectivity index (χ4v) is 15.3. The lowest BCUT2D eigenvalue weighted by atomic mass is 9.92. The van der Waals surface area contributed by atoms with Gasteiger partial charge in [-0.2, -0.15) is 0 Å². The molecule has 1 aliphatic carbocycles. The summed E-state index contributed by atoms with van der Waals surface area (Å²) in [7, 11) is -5.16. The van der Waals surface area contributed by atoms with Gasteiger partial charge in [0.2, 0.25) is 0 Å². The van der Waals surface area contributed by atoms with Crippen LogP contribution in [-0.2, 0) is 0 Å². The third-order valence-electron chi connectivity index (χ3n) is 10.8. The Kier molecular flexibility index (Phi) is 11.7. The number of hydrogen-bond acceptors (Lipinski definition) is 2. The van der Waals surface area contributed by atoms with Crippen molar-refractivity contribution >= 4 is 47.0 Å². The molecule has 0 radical (unpaired) electrons. The van der Waals surface area contributed by atoms with Crippen molar-refractivity contribution in [2.75, 3.05) is 0 Å². The fourth-order valence-electron chi connectivity index (χ4n) is 8.34. The molecular weight excluding hydrogens is 695 g/mol. The molecule has 6 heteroatoms. The summed E-state index contributed by atoms with van der Waals surface area (Å²) in [4.78, 5) is 0. The average molecular weight is 749 g/mol. The highest BCUT2D eigenvalue weighted by atomic mass is 31.2. The van der Waals surface area contributed by atoms with E-state index >= 15 is 0 Å². The molecule has 1 saturated carbocycles. The van der Waals surface area contributed by atoms with Crippen molar-refractivity contribution in [2.45, 2.75) is 79.3 Å². The summed E-state index contributed by atoms with van der Waals surface area (Å²) in [6, 6.07) is 53.5. The molecule has 0 saturated heterocycles. The molecule has 6 aromatic rings. The van der Waals surface area contributed by atoms with Crippen LogP contribution >= 0.6 is 14.4 Å². The maximum Gasteiger partial charge on any atom is 0.0927 e. The van der Waals surface area contributed by atoms with Gasteiger partial charge in [-0.05, 0) is 76.6 Å². The molecule has 4 nitrogen and oxygen atoms in total. The number of rotatable bonds is 10. The zero-order valence-electron chi connectivity index (χ0n) is 32.6. The summed E-state index contributed by atoms with van der Waals surface area (Å²) in [5.74, 6) is 0. The first-order valence-corrected chi connectivity index (χ1v) is 22.9. The standard InChI is InChI=1S/C48H54N4P2/c1-35-31-37(3)47(38(4)32-35)51-53(41-21-11-7-12-22-41,42-23-13-8-14-24-42)49-45-29-19-20-30-46(45)50-54(43-25-15-9-16-26-43,44-27-17-10-18-28-44)52-48-39(5)33-36(2)34-40(48)6/h7-18,21-28,31-34,45-46,49-50H,19-20,29-30H2,1-6H3/t45-,46-/m1/s1. The average Bonchev–Trinajstić information content (AvgIpc) is 3.18. The fraction of sp³-hybridized carbons (Fsp3) is 0.250. The molecule has 0 aromatic heterocycles. The third kappa shape index (κ3) is 7.91. The van der Waals surface area contributed by atoms with Gasteiger partial charge in [-0.15, -0.1) is 0 Å². The Labute approximate surface area is 323 Å². The molecule has 54 heavy (non-hydrogen) atoms. The smallest absolute Gasteiger partial charge is 0.0927 e. The Morgan fingerprint density at radius 2 is 0.667 bits per heavy atom. The van der Waals surface area contributed by atoms with Crippen LogP contribution in [-0.4, -0.2) is 12.1 Å². The summed E-state index contributed by atoms with van der Waals surface area (Å²) >= 11 is 0. The largest absolute Gasteiger partial charge is 0.271 e. The summed E-state index contributed by atoms with van der Waals surface area (Å²) < 4.78 is 11.9. The van der Waals surface area contributed by atoms with E-state index in [2.05, 4.69) is 197 Å².